The molecule has 0 unspecified atom stereocenters. The summed E-state index contributed by atoms with van der Waals surface area (Å²) in [5, 5.41) is 0.638. The molecule has 8 heteroatoms. The van der Waals surface area contributed by atoms with E-state index in [4.69, 9.17) is 20.8 Å². The summed E-state index contributed by atoms with van der Waals surface area (Å²) in [6.07, 6.45) is 0. The predicted molar refractivity (Wildman–Crippen MR) is 115 cm³/mol. The van der Waals surface area contributed by atoms with Crippen molar-refractivity contribution in [1.29, 1.82) is 0 Å². The van der Waals surface area contributed by atoms with E-state index in [1.165, 1.54) is 24.3 Å². The number of benzene rings is 2. The Morgan fingerprint density at radius 1 is 1.16 bits per heavy atom. The second-order valence-corrected chi connectivity index (χ2v) is 7.87. The number of carbonyl (C=O) groups is 1. The molecule has 0 saturated carbocycles. The summed E-state index contributed by atoms with van der Waals surface area (Å²) in [5.41, 5.74) is 1.73. The Bertz CT molecular complexity index is 1050. The van der Waals surface area contributed by atoms with Crippen molar-refractivity contribution < 1.29 is 18.3 Å². The van der Waals surface area contributed by atoms with E-state index in [1.54, 1.807) is 4.90 Å². The van der Waals surface area contributed by atoms with Crippen molar-refractivity contribution in [3.05, 3.63) is 70.8 Å². The van der Waals surface area contributed by atoms with Crippen molar-refractivity contribution in [3.63, 3.8) is 0 Å². The molecule has 0 atom stereocenters. The van der Waals surface area contributed by atoms with Crippen LogP contribution >= 0.6 is 11.6 Å². The average molecular weight is 444 g/mol. The molecule has 4 rings (SSSR count). The number of ether oxygens (including phenoxy) is 1. The number of halogens is 2. The Kier molecular flexibility index (Phi) is 6.53. The van der Waals surface area contributed by atoms with Crippen molar-refractivity contribution in [3.8, 4) is 17.2 Å². The lowest BCUT2D eigenvalue weighted by atomic mass is 10.2. The first-order valence-electron chi connectivity index (χ1n) is 10.1. The lowest BCUT2D eigenvalue weighted by Gasteiger charge is -2.34. The van der Waals surface area contributed by atoms with Crippen LogP contribution in [0.3, 0.4) is 0 Å². The number of oxazole rings is 1. The van der Waals surface area contributed by atoms with Gasteiger partial charge in [0, 0.05) is 43.3 Å². The third kappa shape index (κ3) is 5.42. The number of piperazine rings is 1. The molecule has 1 aromatic heterocycles. The molecule has 3 aromatic rings. The van der Waals surface area contributed by atoms with E-state index < -0.39 is 0 Å². The van der Waals surface area contributed by atoms with E-state index >= 15 is 0 Å². The van der Waals surface area contributed by atoms with Gasteiger partial charge in [-0.05, 0) is 49.4 Å². The van der Waals surface area contributed by atoms with Crippen LogP contribution in [0.2, 0.25) is 5.02 Å². The van der Waals surface area contributed by atoms with Gasteiger partial charge in [-0.15, -0.1) is 0 Å². The highest BCUT2D eigenvalue weighted by molar-refractivity contribution is 6.30. The van der Waals surface area contributed by atoms with E-state index in [2.05, 4.69) is 9.88 Å². The van der Waals surface area contributed by atoms with Gasteiger partial charge in [0.25, 0.3) is 5.91 Å². The molecule has 1 saturated heterocycles. The van der Waals surface area contributed by atoms with Gasteiger partial charge >= 0.3 is 0 Å². The first-order valence-corrected chi connectivity index (χ1v) is 10.5. The van der Waals surface area contributed by atoms with Crippen molar-refractivity contribution >= 4 is 17.5 Å². The SMILES string of the molecule is Cc1oc(-c2cccc(Cl)c2)nc1CN1CCN(C(=O)COc2ccc(F)cc2)CC1. The van der Waals surface area contributed by atoms with Gasteiger partial charge in [-0.25, -0.2) is 9.37 Å². The quantitative estimate of drug-likeness (QED) is 0.572. The van der Waals surface area contributed by atoms with Crippen LogP contribution in [0.1, 0.15) is 11.5 Å². The molecule has 2 aromatic carbocycles. The van der Waals surface area contributed by atoms with Crippen LogP contribution in [0.15, 0.2) is 52.9 Å². The Balaban J connectivity index is 1.28. The molecule has 0 aliphatic carbocycles. The largest absolute Gasteiger partial charge is 0.484 e. The lowest BCUT2D eigenvalue weighted by molar-refractivity contribution is -0.135. The van der Waals surface area contributed by atoms with Crippen LogP contribution in [0.25, 0.3) is 11.5 Å². The molecule has 0 radical (unpaired) electrons. The van der Waals surface area contributed by atoms with Gasteiger partial charge in [-0.2, -0.15) is 0 Å². The van der Waals surface area contributed by atoms with Crippen LogP contribution < -0.4 is 4.74 Å². The fourth-order valence-corrected chi connectivity index (χ4v) is 3.64. The Labute approximate surface area is 185 Å². The summed E-state index contributed by atoms with van der Waals surface area (Å²) in [4.78, 5) is 21.1. The highest BCUT2D eigenvalue weighted by Crippen LogP contribution is 2.25. The zero-order valence-electron chi connectivity index (χ0n) is 17.2. The summed E-state index contributed by atoms with van der Waals surface area (Å²) in [6.45, 7) is 5.21. The van der Waals surface area contributed by atoms with E-state index in [0.717, 1.165) is 30.1 Å². The van der Waals surface area contributed by atoms with Crippen LogP contribution in [0.5, 0.6) is 5.75 Å². The number of hydrogen-bond acceptors (Lipinski definition) is 5. The summed E-state index contributed by atoms with van der Waals surface area (Å²) in [5.74, 6) is 1.40. The first kappa shape index (κ1) is 21.3. The molecule has 6 nitrogen and oxygen atoms in total. The van der Waals surface area contributed by atoms with E-state index in [0.29, 0.717) is 36.3 Å². The topological polar surface area (TPSA) is 58.8 Å². The zero-order valence-corrected chi connectivity index (χ0v) is 17.9. The number of hydrogen-bond donors (Lipinski definition) is 0. The molecular weight excluding hydrogens is 421 g/mol. The number of nitrogens with zero attached hydrogens (tertiary/aromatic N) is 3. The van der Waals surface area contributed by atoms with Gasteiger partial charge in [0.1, 0.15) is 17.3 Å². The van der Waals surface area contributed by atoms with E-state index in [9.17, 15) is 9.18 Å². The van der Waals surface area contributed by atoms with Gasteiger partial charge in [-0.1, -0.05) is 17.7 Å². The monoisotopic (exact) mass is 443 g/mol. The Hall–Kier alpha value is -2.90. The van der Waals surface area contributed by atoms with Crippen LogP contribution in [0.4, 0.5) is 4.39 Å². The first-order chi connectivity index (χ1) is 15.0. The van der Waals surface area contributed by atoms with Crippen LogP contribution in [-0.4, -0.2) is 53.5 Å². The summed E-state index contributed by atoms with van der Waals surface area (Å²) < 4.78 is 24.2. The number of aromatic nitrogens is 1. The van der Waals surface area contributed by atoms with E-state index in [-0.39, 0.29) is 18.3 Å². The molecule has 1 aliphatic rings. The normalized spacial score (nSPS) is 14.6. The van der Waals surface area contributed by atoms with Crippen LogP contribution in [0, 0.1) is 12.7 Å². The van der Waals surface area contributed by atoms with Gasteiger partial charge in [0.15, 0.2) is 6.61 Å². The smallest absolute Gasteiger partial charge is 0.260 e. The second kappa shape index (κ2) is 9.49. The molecule has 0 N–H and O–H groups in total. The fraction of sp³-hybridized carbons (Fsp3) is 0.304. The minimum Gasteiger partial charge on any atom is -0.484 e. The average Bonchev–Trinajstić information content (AvgIpc) is 3.14. The highest BCUT2D eigenvalue weighted by Gasteiger charge is 2.23. The molecule has 31 heavy (non-hydrogen) atoms. The lowest BCUT2D eigenvalue weighted by Crippen LogP contribution is -2.49. The predicted octanol–water partition coefficient (Wildman–Crippen LogP) is 4.17. The van der Waals surface area contributed by atoms with E-state index in [1.807, 2.05) is 31.2 Å². The highest BCUT2D eigenvalue weighted by atomic mass is 35.5. The Morgan fingerprint density at radius 2 is 1.90 bits per heavy atom. The van der Waals surface area contributed by atoms with Crippen molar-refractivity contribution in [2.75, 3.05) is 32.8 Å². The number of aryl methyl sites for hydroxylation is 1. The maximum atomic E-state index is 12.9. The maximum absolute atomic E-state index is 12.9. The number of amides is 1. The second-order valence-electron chi connectivity index (χ2n) is 7.43. The van der Waals surface area contributed by atoms with Gasteiger partial charge in [0.2, 0.25) is 5.89 Å². The van der Waals surface area contributed by atoms with Gasteiger partial charge in [-0.3, -0.25) is 9.69 Å². The third-order valence-corrected chi connectivity index (χ3v) is 5.47. The molecule has 0 spiro atoms. The summed E-state index contributed by atoms with van der Waals surface area (Å²) >= 11 is 6.07. The van der Waals surface area contributed by atoms with Gasteiger partial charge < -0.3 is 14.1 Å². The van der Waals surface area contributed by atoms with Crippen molar-refractivity contribution in [2.24, 2.45) is 0 Å². The molecule has 0 bridgehead atoms. The maximum Gasteiger partial charge on any atom is 0.260 e. The Morgan fingerprint density at radius 3 is 2.61 bits per heavy atom. The summed E-state index contributed by atoms with van der Waals surface area (Å²) in [7, 11) is 0. The molecular formula is C23H23ClFN3O3. The van der Waals surface area contributed by atoms with Crippen molar-refractivity contribution in [2.45, 2.75) is 13.5 Å². The number of rotatable bonds is 6. The van der Waals surface area contributed by atoms with Gasteiger partial charge in [0.05, 0.1) is 5.69 Å². The molecule has 1 amide bonds. The zero-order chi connectivity index (χ0) is 21.8. The molecule has 2 heterocycles. The molecule has 1 aliphatic heterocycles. The number of carbonyl (C=O) groups excluding carboxylic acids is 1. The standard InChI is InChI=1S/C23H23ClFN3O3/c1-16-21(26-23(31-16)17-3-2-4-18(24)13-17)14-27-9-11-28(12-10-27)22(29)15-30-20-7-5-19(25)6-8-20/h2-8,13H,9-12,14-15H2,1H3. The minimum atomic E-state index is -0.336. The third-order valence-electron chi connectivity index (χ3n) is 5.24. The van der Waals surface area contributed by atoms with Crippen molar-refractivity contribution in [1.82, 2.24) is 14.8 Å². The minimum absolute atomic E-state index is 0.0585. The van der Waals surface area contributed by atoms with Crippen LogP contribution in [-0.2, 0) is 11.3 Å². The summed E-state index contributed by atoms with van der Waals surface area (Å²) in [6, 6.07) is 13.1. The molecule has 162 valence electrons. The fourth-order valence-electron chi connectivity index (χ4n) is 3.45. The molecule has 1 fully saturated rings.